The van der Waals surface area contributed by atoms with Crippen LogP contribution in [0.4, 0.5) is 0 Å². The van der Waals surface area contributed by atoms with Gasteiger partial charge in [0, 0.05) is 16.8 Å². The van der Waals surface area contributed by atoms with Crippen LogP contribution in [0.1, 0.15) is 44.3 Å². The summed E-state index contributed by atoms with van der Waals surface area (Å²) < 4.78 is 0. The minimum atomic E-state index is -0.411. The maximum absolute atomic E-state index is 12.9. The van der Waals surface area contributed by atoms with Crippen LogP contribution in [-0.4, -0.2) is 10.9 Å². The van der Waals surface area contributed by atoms with Crippen molar-refractivity contribution in [3.63, 3.8) is 0 Å². The monoisotopic (exact) mass is 375 g/mol. The Labute approximate surface area is 163 Å². The highest BCUT2D eigenvalue weighted by Gasteiger charge is 2.19. The molecule has 4 nitrogen and oxygen atoms in total. The van der Waals surface area contributed by atoms with Crippen LogP contribution in [0.3, 0.4) is 0 Å². The summed E-state index contributed by atoms with van der Waals surface area (Å²) in [5.41, 5.74) is 4.51. The van der Waals surface area contributed by atoms with Gasteiger partial charge in [0.1, 0.15) is 0 Å². The molecule has 1 unspecified atom stereocenters. The molecule has 0 aliphatic heterocycles. The van der Waals surface area contributed by atoms with E-state index >= 15 is 0 Å². The zero-order chi connectivity index (χ0) is 19.4. The van der Waals surface area contributed by atoms with Gasteiger partial charge in [0.15, 0.2) is 0 Å². The first kappa shape index (κ1) is 18.6. The van der Waals surface area contributed by atoms with Gasteiger partial charge < -0.3 is 5.32 Å². The molecule has 1 atom stereocenters. The first-order chi connectivity index (χ1) is 13.0. The Balaban J connectivity index is 1.96. The molecule has 1 aromatic heterocycles. The lowest BCUT2D eigenvalue weighted by molar-refractivity contribution is 0.0942. The minimum absolute atomic E-state index is 0.231. The molecule has 27 heavy (non-hydrogen) atoms. The Bertz CT molecular complexity index is 1020. The summed E-state index contributed by atoms with van der Waals surface area (Å²) >= 11 is 6.01. The molecular formula is C22H18ClN3O. The SMILES string of the molecule is Cc1ccnc(C(NC(=O)c2ccc(C#N)c(C)c2)c2ccc(Cl)cc2)c1. The Hall–Kier alpha value is -3.16. The van der Waals surface area contributed by atoms with E-state index in [-0.39, 0.29) is 5.91 Å². The van der Waals surface area contributed by atoms with Crippen molar-refractivity contribution in [3.05, 3.63) is 99.3 Å². The van der Waals surface area contributed by atoms with Gasteiger partial charge in [0.2, 0.25) is 0 Å². The molecule has 0 saturated carbocycles. The normalized spacial score (nSPS) is 11.5. The zero-order valence-corrected chi connectivity index (χ0v) is 15.8. The molecule has 1 heterocycles. The average Bonchev–Trinajstić information content (AvgIpc) is 2.66. The fourth-order valence-corrected chi connectivity index (χ4v) is 2.97. The Kier molecular flexibility index (Phi) is 5.54. The van der Waals surface area contributed by atoms with Gasteiger partial charge in [0.25, 0.3) is 5.91 Å². The van der Waals surface area contributed by atoms with Crippen molar-refractivity contribution in [2.24, 2.45) is 0 Å². The van der Waals surface area contributed by atoms with Gasteiger partial charge >= 0.3 is 0 Å². The van der Waals surface area contributed by atoms with Crippen molar-refractivity contribution in [2.45, 2.75) is 19.9 Å². The predicted molar refractivity (Wildman–Crippen MR) is 106 cm³/mol. The second-order valence-corrected chi connectivity index (χ2v) is 6.79. The van der Waals surface area contributed by atoms with E-state index in [1.165, 1.54) is 0 Å². The molecule has 2 aromatic carbocycles. The third-order valence-corrected chi connectivity index (χ3v) is 4.57. The number of nitrogens with one attached hydrogen (secondary N) is 1. The molecular weight excluding hydrogens is 358 g/mol. The van der Waals surface area contributed by atoms with Gasteiger partial charge in [-0.2, -0.15) is 5.26 Å². The predicted octanol–water partition coefficient (Wildman–Crippen LogP) is 4.74. The van der Waals surface area contributed by atoms with E-state index in [9.17, 15) is 4.79 Å². The molecule has 0 saturated heterocycles. The molecule has 1 amide bonds. The van der Waals surface area contributed by atoms with Crippen LogP contribution in [0, 0.1) is 25.2 Å². The second-order valence-electron chi connectivity index (χ2n) is 6.36. The smallest absolute Gasteiger partial charge is 0.252 e. The topological polar surface area (TPSA) is 65.8 Å². The largest absolute Gasteiger partial charge is 0.340 e. The number of carbonyl (C=O) groups excluding carboxylic acids is 1. The highest BCUT2D eigenvalue weighted by atomic mass is 35.5. The average molecular weight is 376 g/mol. The quantitative estimate of drug-likeness (QED) is 0.716. The maximum atomic E-state index is 12.9. The number of benzene rings is 2. The number of hydrogen-bond donors (Lipinski definition) is 1. The number of rotatable bonds is 4. The Morgan fingerprint density at radius 3 is 2.48 bits per heavy atom. The van der Waals surface area contributed by atoms with E-state index in [0.29, 0.717) is 16.1 Å². The highest BCUT2D eigenvalue weighted by molar-refractivity contribution is 6.30. The number of amides is 1. The van der Waals surface area contributed by atoms with Gasteiger partial charge in [-0.15, -0.1) is 0 Å². The number of hydrogen-bond acceptors (Lipinski definition) is 3. The minimum Gasteiger partial charge on any atom is -0.340 e. The molecule has 5 heteroatoms. The second kappa shape index (κ2) is 8.03. The third kappa shape index (κ3) is 4.33. The molecule has 0 aliphatic carbocycles. The van der Waals surface area contributed by atoms with Crippen LogP contribution >= 0.6 is 11.6 Å². The van der Waals surface area contributed by atoms with Crippen molar-refractivity contribution < 1.29 is 4.79 Å². The summed E-state index contributed by atoms with van der Waals surface area (Å²) in [5, 5.41) is 12.7. The van der Waals surface area contributed by atoms with Crippen LogP contribution < -0.4 is 5.32 Å². The van der Waals surface area contributed by atoms with E-state index in [4.69, 9.17) is 16.9 Å². The molecule has 0 spiro atoms. The van der Waals surface area contributed by atoms with Crippen molar-refractivity contribution in [1.82, 2.24) is 10.3 Å². The standard InChI is InChI=1S/C22H18ClN3O/c1-14-9-10-25-20(11-14)21(16-5-7-19(23)8-6-16)26-22(27)17-3-4-18(13-24)15(2)12-17/h3-12,21H,1-2H3,(H,26,27). The Morgan fingerprint density at radius 1 is 1.11 bits per heavy atom. The molecule has 0 bridgehead atoms. The van der Waals surface area contributed by atoms with E-state index in [1.54, 1.807) is 36.5 Å². The number of aryl methyl sites for hydroxylation is 2. The lowest BCUT2D eigenvalue weighted by Gasteiger charge is -2.20. The number of nitriles is 1. The zero-order valence-electron chi connectivity index (χ0n) is 15.0. The first-order valence-corrected chi connectivity index (χ1v) is 8.85. The van der Waals surface area contributed by atoms with Gasteiger partial charge in [-0.25, -0.2) is 0 Å². The number of halogens is 1. The lowest BCUT2D eigenvalue weighted by Crippen LogP contribution is -2.30. The number of pyridine rings is 1. The van der Waals surface area contributed by atoms with Crippen molar-refractivity contribution >= 4 is 17.5 Å². The molecule has 3 rings (SSSR count). The van der Waals surface area contributed by atoms with Crippen LogP contribution in [0.5, 0.6) is 0 Å². The van der Waals surface area contributed by atoms with Crippen LogP contribution in [0.25, 0.3) is 0 Å². The summed E-state index contributed by atoms with van der Waals surface area (Å²) in [6.07, 6.45) is 1.73. The van der Waals surface area contributed by atoms with Crippen LogP contribution in [-0.2, 0) is 0 Å². The molecule has 0 radical (unpaired) electrons. The molecule has 1 N–H and O–H groups in total. The van der Waals surface area contributed by atoms with Gasteiger partial charge in [-0.05, 0) is 73.0 Å². The summed E-state index contributed by atoms with van der Waals surface area (Å²) in [6, 6.07) is 17.9. The van der Waals surface area contributed by atoms with E-state index in [1.807, 2.05) is 38.1 Å². The van der Waals surface area contributed by atoms with Crippen molar-refractivity contribution in [1.29, 1.82) is 5.26 Å². The first-order valence-electron chi connectivity index (χ1n) is 8.47. The molecule has 0 fully saturated rings. The summed E-state index contributed by atoms with van der Waals surface area (Å²) in [5.74, 6) is -0.231. The summed E-state index contributed by atoms with van der Waals surface area (Å²) in [4.78, 5) is 17.3. The van der Waals surface area contributed by atoms with Crippen molar-refractivity contribution in [2.75, 3.05) is 0 Å². The molecule has 0 aliphatic rings. The van der Waals surface area contributed by atoms with Crippen LogP contribution in [0.15, 0.2) is 60.8 Å². The molecule has 3 aromatic rings. The molecule has 134 valence electrons. The van der Waals surface area contributed by atoms with Gasteiger partial charge in [-0.1, -0.05) is 23.7 Å². The maximum Gasteiger partial charge on any atom is 0.252 e. The van der Waals surface area contributed by atoms with E-state index in [2.05, 4.69) is 16.4 Å². The van der Waals surface area contributed by atoms with Crippen molar-refractivity contribution in [3.8, 4) is 6.07 Å². The summed E-state index contributed by atoms with van der Waals surface area (Å²) in [6.45, 7) is 3.80. The van der Waals surface area contributed by atoms with Gasteiger partial charge in [0.05, 0.1) is 23.4 Å². The highest BCUT2D eigenvalue weighted by Crippen LogP contribution is 2.23. The van der Waals surface area contributed by atoms with E-state index in [0.717, 1.165) is 22.4 Å². The number of nitrogens with zero attached hydrogens (tertiary/aromatic N) is 2. The Morgan fingerprint density at radius 2 is 1.85 bits per heavy atom. The number of aromatic nitrogens is 1. The fraction of sp³-hybridized carbons (Fsp3) is 0.136. The summed E-state index contributed by atoms with van der Waals surface area (Å²) in [7, 11) is 0. The van der Waals surface area contributed by atoms with E-state index < -0.39 is 6.04 Å². The van der Waals surface area contributed by atoms with Crippen LogP contribution in [0.2, 0.25) is 5.02 Å². The lowest BCUT2D eigenvalue weighted by atomic mass is 10.0. The fourth-order valence-electron chi connectivity index (χ4n) is 2.85. The van der Waals surface area contributed by atoms with Gasteiger partial charge in [-0.3, -0.25) is 9.78 Å². The third-order valence-electron chi connectivity index (χ3n) is 4.32. The number of carbonyl (C=O) groups is 1.